The molecule has 144 valence electrons. The summed E-state index contributed by atoms with van der Waals surface area (Å²) in [6, 6.07) is 14.6. The second kappa shape index (κ2) is 7.72. The topological polar surface area (TPSA) is 70.3 Å². The van der Waals surface area contributed by atoms with E-state index in [0.717, 1.165) is 48.9 Å². The highest BCUT2D eigenvalue weighted by Gasteiger charge is 2.21. The van der Waals surface area contributed by atoms with E-state index >= 15 is 0 Å². The van der Waals surface area contributed by atoms with E-state index in [1.165, 1.54) is 12.1 Å². The average Bonchev–Trinajstić information content (AvgIpc) is 2.72. The molecule has 0 unspecified atom stereocenters. The van der Waals surface area contributed by atoms with Gasteiger partial charge in [-0.25, -0.2) is 14.4 Å². The largest absolute Gasteiger partial charge is 0.393 e. The van der Waals surface area contributed by atoms with Crippen LogP contribution in [0.25, 0.3) is 0 Å². The number of nitrogens with one attached hydrogen (secondary N) is 1. The molecule has 1 aromatic heterocycles. The predicted octanol–water partition coefficient (Wildman–Crippen LogP) is 3.58. The molecule has 2 aromatic carbocycles. The maximum atomic E-state index is 13.1. The summed E-state index contributed by atoms with van der Waals surface area (Å²) < 4.78 is 13.1. The lowest BCUT2D eigenvalue weighted by Gasteiger charge is -2.37. The van der Waals surface area contributed by atoms with Crippen LogP contribution in [0.2, 0.25) is 0 Å². The molecule has 1 saturated heterocycles. The molecule has 7 heteroatoms. The number of aryl methyl sites for hydroxylation is 1. The van der Waals surface area contributed by atoms with E-state index in [2.05, 4.69) is 25.1 Å². The molecule has 1 aliphatic heterocycles. The smallest absolute Gasteiger partial charge is 0.159 e. The van der Waals surface area contributed by atoms with Gasteiger partial charge in [-0.3, -0.25) is 0 Å². The first-order valence-electron chi connectivity index (χ1n) is 9.30. The first kappa shape index (κ1) is 18.0. The first-order chi connectivity index (χ1) is 13.6. The zero-order valence-corrected chi connectivity index (χ0v) is 15.8. The molecule has 3 aromatic rings. The van der Waals surface area contributed by atoms with Gasteiger partial charge in [0.05, 0.1) is 0 Å². The van der Waals surface area contributed by atoms with E-state index in [1.54, 1.807) is 6.33 Å². The van der Waals surface area contributed by atoms with Crippen LogP contribution >= 0.6 is 0 Å². The van der Waals surface area contributed by atoms with Crippen LogP contribution in [-0.4, -0.2) is 36.1 Å². The fourth-order valence-corrected chi connectivity index (χ4v) is 3.41. The van der Waals surface area contributed by atoms with Crippen molar-refractivity contribution in [3.63, 3.8) is 0 Å². The van der Waals surface area contributed by atoms with Gasteiger partial charge in [-0.1, -0.05) is 18.2 Å². The normalized spacial score (nSPS) is 14.2. The van der Waals surface area contributed by atoms with Gasteiger partial charge in [-0.2, -0.15) is 0 Å². The number of nitrogen functional groups attached to an aromatic ring is 1. The van der Waals surface area contributed by atoms with E-state index < -0.39 is 0 Å². The number of nitrogens with zero attached hydrogens (tertiary/aromatic N) is 4. The number of para-hydroxylation sites is 1. The minimum absolute atomic E-state index is 0.218. The number of anilines is 5. The zero-order chi connectivity index (χ0) is 19.5. The third-order valence-corrected chi connectivity index (χ3v) is 5.03. The quantitative estimate of drug-likeness (QED) is 0.723. The van der Waals surface area contributed by atoms with Gasteiger partial charge in [-0.15, -0.1) is 0 Å². The van der Waals surface area contributed by atoms with Crippen LogP contribution in [0.4, 0.5) is 33.1 Å². The number of halogens is 1. The van der Waals surface area contributed by atoms with Crippen LogP contribution in [0.15, 0.2) is 54.9 Å². The Morgan fingerprint density at radius 3 is 2.32 bits per heavy atom. The Morgan fingerprint density at radius 2 is 1.61 bits per heavy atom. The molecule has 3 N–H and O–H groups in total. The molecule has 4 rings (SSSR count). The van der Waals surface area contributed by atoms with Crippen LogP contribution in [0.3, 0.4) is 0 Å². The zero-order valence-electron chi connectivity index (χ0n) is 15.8. The van der Waals surface area contributed by atoms with Crippen molar-refractivity contribution in [2.45, 2.75) is 6.92 Å². The van der Waals surface area contributed by atoms with Crippen molar-refractivity contribution in [3.05, 3.63) is 66.2 Å². The van der Waals surface area contributed by atoms with E-state index in [4.69, 9.17) is 5.73 Å². The third-order valence-electron chi connectivity index (χ3n) is 5.03. The Kier molecular flexibility index (Phi) is 4.97. The highest BCUT2D eigenvalue weighted by Crippen LogP contribution is 2.30. The average molecular weight is 378 g/mol. The van der Waals surface area contributed by atoms with Crippen molar-refractivity contribution in [1.82, 2.24) is 9.97 Å². The summed E-state index contributed by atoms with van der Waals surface area (Å²) in [5, 5.41) is 3.31. The highest BCUT2D eigenvalue weighted by molar-refractivity contribution is 5.79. The highest BCUT2D eigenvalue weighted by atomic mass is 19.1. The summed E-state index contributed by atoms with van der Waals surface area (Å²) in [7, 11) is 0. The summed E-state index contributed by atoms with van der Waals surface area (Å²) >= 11 is 0. The summed E-state index contributed by atoms with van der Waals surface area (Å²) in [6.45, 7) is 5.23. The number of rotatable bonds is 4. The minimum Gasteiger partial charge on any atom is -0.393 e. The fraction of sp³-hybridized carbons (Fsp3) is 0.238. The number of hydrogen-bond acceptors (Lipinski definition) is 6. The monoisotopic (exact) mass is 378 g/mol. The Morgan fingerprint density at radius 1 is 0.929 bits per heavy atom. The molecular formula is C21H23FN6. The molecule has 0 bridgehead atoms. The summed E-state index contributed by atoms with van der Waals surface area (Å²) in [6.07, 6.45) is 1.54. The second-order valence-corrected chi connectivity index (χ2v) is 6.85. The van der Waals surface area contributed by atoms with Gasteiger partial charge >= 0.3 is 0 Å². The van der Waals surface area contributed by atoms with E-state index in [0.29, 0.717) is 11.5 Å². The van der Waals surface area contributed by atoms with Gasteiger partial charge in [0.1, 0.15) is 17.8 Å². The molecule has 0 atom stereocenters. The predicted molar refractivity (Wildman–Crippen MR) is 112 cm³/mol. The molecule has 0 amide bonds. The van der Waals surface area contributed by atoms with Gasteiger partial charge in [0.2, 0.25) is 0 Å². The van der Waals surface area contributed by atoms with Crippen LogP contribution < -0.4 is 20.9 Å². The van der Waals surface area contributed by atoms with Crippen molar-refractivity contribution < 1.29 is 4.39 Å². The van der Waals surface area contributed by atoms with Gasteiger partial charge < -0.3 is 20.9 Å². The molecule has 1 fully saturated rings. The number of hydrogen-bond donors (Lipinski definition) is 2. The number of piperazine rings is 1. The molecule has 2 heterocycles. The molecule has 0 saturated carbocycles. The first-order valence-corrected chi connectivity index (χ1v) is 9.30. The Labute approximate surface area is 163 Å². The van der Waals surface area contributed by atoms with E-state index in [-0.39, 0.29) is 5.82 Å². The SMILES string of the molecule is Cc1ccccc1Nc1ncnc(N2CCN(c3ccc(F)cc3)CC2)c1N. The minimum atomic E-state index is -0.218. The number of aromatic nitrogens is 2. The van der Waals surface area contributed by atoms with Crippen molar-refractivity contribution in [2.24, 2.45) is 0 Å². The molecular weight excluding hydrogens is 355 g/mol. The van der Waals surface area contributed by atoms with E-state index in [9.17, 15) is 4.39 Å². The lowest BCUT2D eigenvalue weighted by atomic mass is 10.2. The molecule has 1 aliphatic rings. The van der Waals surface area contributed by atoms with Crippen LogP contribution in [0, 0.1) is 12.7 Å². The summed E-state index contributed by atoms with van der Waals surface area (Å²) in [4.78, 5) is 13.1. The number of nitrogens with two attached hydrogens (primary N) is 1. The maximum Gasteiger partial charge on any atom is 0.159 e. The third kappa shape index (κ3) is 3.69. The van der Waals surface area contributed by atoms with E-state index in [1.807, 2.05) is 43.3 Å². The van der Waals surface area contributed by atoms with Crippen LogP contribution in [-0.2, 0) is 0 Å². The summed E-state index contributed by atoms with van der Waals surface area (Å²) in [5.41, 5.74) is 10.1. The van der Waals surface area contributed by atoms with Gasteiger partial charge in [0, 0.05) is 37.6 Å². The number of benzene rings is 2. The van der Waals surface area contributed by atoms with Crippen LogP contribution in [0.5, 0.6) is 0 Å². The van der Waals surface area contributed by atoms with Crippen molar-refractivity contribution >= 4 is 28.7 Å². The lowest BCUT2D eigenvalue weighted by molar-refractivity contribution is 0.624. The standard InChI is InChI=1S/C21H23FN6/c1-15-4-2-3-5-18(15)26-20-19(23)21(25-14-24-20)28-12-10-27(11-13-28)17-8-6-16(22)7-9-17/h2-9,14H,10-13,23H2,1H3,(H,24,25,26). The Hall–Kier alpha value is -3.35. The molecule has 6 nitrogen and oxygen atoms in total. The Bertz CT molecular complexity index is 951. The van der Waals surface area contributed by atoms with Gasteiger partial charge in [0.25, 0.3) is 0 Å². The van der Waals surface area contributed by atoms with Crippen molar-refractivity contribution in [2.75, 3.05) is 47.0 Å². The maximum absolute atomic E-state index is 13.1. The summed E-state index contributed by atoms with van der Waals surface area (Å²) in [5.74, 6) is 1.13. The van der Waals surface area contributed by atoms with Gasteiger partial charge in [0.15, 0.2) is 11.6 Å². The van der Waals surface area contributed by atoms with Crippen molar-refractivity contribution in [1.29, 1.82) is 0 Å². The van der Waals surface area contributed by atoms with Crippen LogP contribution in [0.1, 0.15) is 5.56 Å². The van der Waals surface area contributed by atoms with Crippen molar-refractivity contribution in [3.8, 4) is 0 Å². The molecule has 0 spiro atoms. The molecule has 28 heavy (non-hydrogen) atoms. The second-order valence-electron chi connectivity index (χ2n) is 6.85. The molecule has 0 aliphatic carbocycles. The van der Waals surface area contributed by atoms with Gasteiger partial charge in [-0.05, 0) is 42.8 Å². The lowest BCUT2D eigenvalue weighted by Crippen LogP contribution is -2.47. The fourth-order valence-electron chi connectivity index (χ4n) is 3.41. The molecule has 0 radical (unpaired) electrons. The Balaban J connectivity index is 1.48.